The van der Waals surface area contributed by atoms with Gasteiger partial charge in [-0.05, 0) is 18.2 Å². The van der Waals surface area contributed by atoms with Gasteiger partial charge in [0.2, 0.25) is 5.78 Å². The quantitative estimate of drug-likeness (QED) is 0.818. The van der Waals surface area contributed by atoms with Crippen molar-refractivity contribution in [2.75, 3.05) is 7.11 Å². The van der Waals surface area contributed by atoms with Crippen LogP contribution >= 0.6 is 15.9 Å². The summed E-state index contributed by atoms with van der Waals surface area (Å²) >= 11 is 3.14. The maximum Gasteiger partial charge on any atom is 0.217 e. The average Bonchev–Trinajstić information content (AvgIpc) is 2.69. The second kappa shape index (κ2) is 4.89. The van der Waals surface area contributed by atoms with E-state index in [1.54, 1.807) is 13.1 Å². The predicted molar refractivity (Wildman–Crippen MR) is 67.3 cm³/mol. The first-order valence-corrected chi connectivity index (χ1v) is 5.89. The van der Waals surface area contributed by atoms with Gasteiger partial charge in [-0.25, -0.2) is 4.39 Å². The summed E-state index contributed by atoms with van der Waals surface area (Å²) in [6, 6.07) is 4.28. The lowest BCUT2D eigenvalue weighted by molar-refractivity contribution is 0.102. The largest absolute Gasteiger partial charge is 0.493 e. The van der Waals surface area contributed by atoms with Crippen molar-refractivity contribution in [3.8, 4) is 5.75 Å². The van der Waals surface area contributed by atoms with E-state index in [9.17, 15) is 9.18 Å². The molecule has 2 aromatic rings. The fourth-order valence-electron chi connectivity index (χ4n) is 1.63. The van der Waals surface area contributed by atoms with Crippen molar-refractivity contribution < 1.29 is 13.9 Å². The van der Waals surface area contributed by atoms with E-state index in [-0.39, 0.29) is 11.3 Å². The smallest absolute Gasteiger partial charge is 0.217 e. The van der Waals surface area contributed by atoms with Gasteiger partial charge in [0.15, 0.2) is 11.4 Å². The molecule has 4 nitrogen and oxygen atoms in total. The SMILES string of the molecule is COc1cnn(C)c1C(=O)c1ccc(Br)cc1F. The van der Waals surface area contributed by atoms with E-state index in [1.165, 1.54) is 30.1 Å². The first-order chi connectivity index (χ1) is 8.54. The van der Waals surface area contributed by atoms with Crippen LogP contribution in [0.5, 0.6) is 5.75 Å². The number of methoxy groups -OCH3 is 1. The molecule has 6 heteroatoms. The molecule has 1 aromatic heterocycles. The molecule has 1 heterocycles. The molecule has 0 saturated carbocycles. The van der Waals surface area contributed by atoms with Crippen molar-refractivity contribution in [1.29, 1.82) is 0 Å². The van der Waals surface area contributed by atoms with Crippen LogP contribution in [-0.2, 0) is 7.05 Å². The molecule has 0 atom stereocenters. The summed E-state index contributed by atoms with van der Waals surface area (Å²) in [5.74, 6) is -0.723. The Hall–Kier alpha value is -1.69. The monoisotopic (exact) mass is 312 g/mol. The van der Waals surface area contributed by atoms with E-state index in [1.807, 2.05) is 0 Å². The Morgan fingerprint density at radius 2 is 2.22 bits per heavy atom. The van der Waals surface area contributed by atoms with Crippen molar-refractivity contribution in [1.82, 2.24) is 9.78 Å². The molecule has 2 rings (SSSR count). The molecule has 0 aliphatic rings. The van der Waals surface area contributed by atoms with Crippen molar-refractivity contribution in [3.63, 3.8) is 0 Å². The van der Waals surface area contributed by atoms with E-state index in [2.05, 4.69) is 21.0 Å². The van der Waals surface area contributed by atoms with E-state index in [4.69, 9.17) is 4.74 Å². The summed E-state index contributed by atoms with van der Waals surface area (Å²) in [4.78, 5) is 12.2. The molecule has 0 spiro atoms. The van der Waals surface area contributed by atoms with Gasteiger partial charge < -0.3 is 4.74 Å². The van der Waals surface area contributed by atoms with Crippen LogP contribution in [0.2, 0.25) is 0 Å². The highest BCUT2D eigenvalue weighted by molar-refractivity contribution is 9.10. The Balaban J connectivity index is 2.51. The Morgan fingerprint density at radius 3 is 2.83 bits per heavy atom. The minimum Gasteiger partial charge on any atom is -0.493 e. The first kappa shape index (κ1) is 12.8. The van der Waals surface area contributed by atoms with E-state index < -0.39 is 11.6 Å². The summed E-state index contributed by atoms with van der Waals surface area (Å²) in [5, 5.41) is 3.92. The maximum absolute atomic E-state index is 13.7. The lowest BCUT2D eigenvalue weighted by Crippen LogP contribution is -2.11. The van der Waals surface area contributed by atoms with Crippen LogP contribution in [0.15, 0.2) is 28.9 Å². The fourth-order valence-corrected chi connectivity index (χ4v) is 1.96. The molecule has 0 saturated heterocycles. The van der Waals surface area contributed by atoms with Crippen molar-refractivity contribution in [2.24, 2.45) is 7.05 Å². The molecule has 0 bridgehead atoms. The second-order valence-corrected chi connectivity index (χ2v) is 4.55. The highest BCUT2D eigenvalue weighted by atomic mass is 79.9. The van der Waals surface area contributed by atoms with Crippen LogP contribution < -0.4 is 4.74 Å². The molecule has 94 valence electrons. The Kier molecular flexibility index (Phi) is 3.47. The lowest BCUT2D eigenvalue weighted by Gasteiger charge is -2.05. The standard InChI is InChI=1S/C12H10BrFN2O2/c1-16-11(10(18-2)6-15-16)12(17)8-4-3-7(13)5-9(8)14/h3-6H,1-2H3. The number of ether oxygens (including phenoxy) is 1. The Labute approximate surface area is 111 Å². The van der Waals surface area contributed by atoms with E-state index >= 15 is 0 Å². The molecule has 0 radical (unpaired) electrons. The summed E-state index contributed by atoms with van der Waals surface area (Å²) in [6.07, 6.45) is 1.42. The van der Waals surface area contributed by atoms with Gasteiger partial charge >= 0.3 is 0 Å². The normalized spacial score (nSPS) is 10.4. The lowest BCUT2D eigenvalue weighted by atomic mass is 10.1. The van der Waals surface area contributed by atoms with Gasteiger partial charge in [-0.15, -0.1) is 0 Å². The number of benzene rings is 1. The molecular weight excluding hydrogens is 303 g/mol. The summed E-state index contributed by atoms with van der Waals surface area (Å²) in [6.45, 7) is 0. The highest BCUT2D eigenvalue weighted by Crippen LogP contribution is 2.23. The number of nitrogens with zero attached hydrogens (tertiary/aromatic N) is 2. The third kappa shape index (κ3) is 2.15. The van der Waals surface area contributed by atoms with Crippen LogP contribution in [0, 0.1) is 5.82 Å². The van der Waals surface area contributed by atoms with Crippen LogP contribution in [0.25, 0.3) is 0 Å². The number of aryl methyl sites for hydroxylation is 1. The topological polar surface area (TPSA) is 44.1 Å². The predicted octanol–water partition coefficient (Wildman–Crippen LogP) is 2.56. The third-order valence-electron chi connectivity index (χ3n) is 2.52. The molecule has 0 unspecified atom stereocenters. The zero-order valence-corrected chi connectivity index (χ0v) is 11.4. The molecule has 0 aliphatic carbocycles. The van der Waals surface area contributed by atoms with Crippen molar-refractivity contribution in [3.05, 3.63) is 45.9 Å². The zero-order chi connectivity index (χ0) is 13.3. The van der Waals surface area contributed by atoms with Crippen molar-refractivity contribution in [2.45, 2.75) is 0 Å². The second-order valence-electron chi connectivity index (χ2n) is 3.64. The summed E-state index contributed by atoms with van der Waals surface area (Å²) in [7, 11) is 3.04. The van der Waals surface area contributed by atoms with Gasteiger partial charge in [0.25, 0.3) is 0 Å². The van der Waals surface area contributed by atoms with E-state index in [0.29, 0.717) is 10.2 Å². The molecular formula is C12H10BrFN2O2. The molecule has 18 heavy (non-hydrogen) atoms. The molecule has 0 aliphatic heterocycles. The van der Waals surface area contributed by atoms with Crippen LogP contribution in [0.4, 0.5) is 4.39 Å². The molecule has 0 amide bonds. The summed E-state index contributed by atoms with van der Waals surface area (Å²) in [5.41, 5.74) is 0.207. The van der Waals surface area contributed by atoms with Gasteiger partial charge in [-0.3, -0.25) is 9.48 Å². The molecule has 1 aromatic carbocycles. The number of ketones is 1. The third-order valence-corrected chi connectivity index (χ3v) is 3.01. The number of aromatic nitrogens is 2. The Morgan fingerprint density at radius 1 is 1.50 bits per heavy atom. The van der Waals surface area contributed by atoms with Crippen molar-refractivity contribution >= 4 is 21.7 Å². The average molecular weight is 313 g/mol. The number of halogens is 2. The van der Waals surface area contributed by atoms with Gasteiger partial charge in [-0.2, -0.15) is 5.10 Å². The number of hydrogen-bond donors (Lipinski definition) is 0. The molecule has 0 fully saturated rings. The minimum atomic E-state index is -0.586. The first-order valence-electron chi connectivity index (χ1n) is 5.10. The van der Waals surface area contributed by atoms with Gasteiger partial charge in [0.1, 0.15) is 5.82 Å². The molecule has 0 N–H and O–H groups in total. The fraction of sp³-hybridized carbons (Fsp3) is 0.167. The van der Waals surface area contributed by atoms with Gasteiger partial charge in [0, 0.05) is 11.5 Å². The minimum absolute atomic E-state index is 0.0138. The van der Waals surface area contributed by atoms with Gasteiger partial charge in [-0.1, -0.05) is 15.9 Å². The number of carbonyl (C=O) groups is 1. The van der Waals surface area contributed by atoms with Crippen LogP contribution in [0.3, 0.4) is 0 Å². The maximum atomic E-state index is 13.7. The van der Waals surface area contributed by atoms with Crippen LogP contribution in [0.1, 0.15) is 16.1 Å². The van der Waals surface area contributed by atoms with Gasteiger partial charge in [0.05, 0.1) is 18.9 Å². The number of hydrogen-bond acceptors (Lipinski definition) is 3. The van der Waals surface area contributed by atoms with Crippen LogP contribution in [-0.4, -0.2) is 22.7 Å². The number of carbonyl (C=O) groups excluding carboxylic acids is 1. The van der Waals surface area contributed by atoms with E-state index in [0.717, 1.165) is 0 Å². The Bertz CT molecular complexity index is 610. The summed E-state index contributed by atoms with van der Waals surface area (Å²) < 4.78 is 20.7. The highest BCUT2D eigenvalue weighted by Gasteiger charge is 2.22. The zero-order valence-electron chi connectivity index (χ0n) is 9.78. The number of rotatable bonds is 3.